The third-order valence-electron chi connectivity index (χ3n) is 7.45. The SMILES string of the molecule is CC(OC(=O)CCNC(=O)NC12CC3CC(CC(C3)C1)C2)c1nnc(-c2ccc([N+](=O)[O-])cc2)o1. The second-order valence-electron chi connectivity index (χ2n) is 10.2. The van der Waals surface area contributed by atoms with Crippen LogP contribution in [0.1, 0.15) is 63.9 Å². The molecule has 4 fully saturated rings. The van der Waals surface area contributed by atoms with Crippen LogP contribution in [-0.2, 0) is 9.53 Å². The summed E-state index contributed by atoms with van der Waals surface area (Å²) in [5.41, 5.74) is 0.394. The molecule has 4 aliphatic carbocycles. The van der Waals surface area contributed by atoms with E-state index < -0.39 is 17.0 Å². The Morgan fingerprint density at radius 1 is 1.14 bits per heavy atom. The number of esters is 1. The number of carbonyl (C=O) groups excluding carboxylic acids is 2. The normalized spacial score (nSPS) is 27.3. The van der Waals surface area contributed by atoms with Gasteiger partial charge in [-0.1, -0.05) is 0 Å². The summed E-state index contributed by atoms with van der Waals surface area (Å²) in [6, 6.07) is 5.47. The predicted molar refractivity (Wildman–Crippen MR) is 123 cm³/mol. The first kappa shape index (κ1) is 23.3. The zero-order valence-electron chi connectivity index (χ0n) is 19.6. The maximum atomic E-state index is 12.5. The summed E-state index contributed by atoms with van der Waals surface area (Å²) in [6.07, 6.45) is 6.37. The third kappa shape index (κ3) is 5.13. The monoisotopic (exact) mass is 483 g/mol. The Balaban J connectivity index is 1.06. The number of nitrogens with zero attached hydrogens (tertiary/aromatic N) is 3. The lowest BCUT2D eigenvalue weighted by Gasteiger charge is -2.56. The van der Waals surface area contributed by atoms with Crippen molar-refractivity contribution in [3.05, 3.63) is 40.3 Å². The van der Waals surface area contributed by atoms with Gasteiger partial charge in [-0.15, -0.1) is 10.2 Å². The summed E-state index contributed by atoms with van der Waals surface area (Å²) < 4.78 is 10.9. The van der Waals surface area contributed by atoms with Crippen LogP contribution in [0.2, 0.25) is 0 Å². The largest absolute Gasteiger partial charge is 0.453 e. The van der Waals surface area contributed by atoms with Crippen LogP contribution < -0.4 is 10.6 Å². The number of aromatic nitrogens is 2. The van der Waals surface area contributed by atoms with Crippen LogP contribution in [0, 0.1) is 27.9 Å². The fraction of sp³-hybridized carbons (Fsp3) is 0.583. The van der Waals surface area contributed by atoms with Crippen LogP contribution in [0.25, 0.3) is 11.5 Å². The van der Waals surface area contributed by atoms with Crippen molar-refractivity contribution < 1.29 is 23.7 Å². The first-order chi connectivity index (χ1) is 16.8. The van der Waals surface area contributed by atoms with E-state index in [0.29, 0.717) is 5.56 Å². The second kappa shape index (κ2) is 9.27. The molecule has 2 amide bonds. The van der Waals surface area contributed by atoms with Crippen molar-refractivity contribution in [2.45, 2.75) is 63.5 Å². The number of amides is 2. The number of hydrogen-bond acceptors (Lipinski definition) is 8. The number of nitrogens with one attached hydrogen (secondary N) is 2. The lowest BCUT2D eigenvalue weighted by molar-refractivity contribution is -0.384. The highest BCUT2D eigenvalue weighted by Crippen LogP contribution is 2.55. The van der Waals surface area contributed by atoms with Crippen molar-refractivity contribution in [1.82, 2.24) is 20.8 Å². The molecule has 1 aromatic heterocycles. The second-order valence-corrected chi connectivity index (χ2v) is 10.2. The Kier molecular flexibility index (Phi) is 6.16. The van der Waals surface area contributed by atoms with Crippen LogP contribution in [0.15, 0.2) is 28.7 Å². The zero-order valence-corrected chi connectivity index (χ0v) is 19.6. The molecule has 0 aliphatic heterocycles. The van der Waals surface area contributed by atoms with E-state index in [9.17, 15) is 19.7 Å². The van der Waals surface area contributed by atoms with E-state index in [0.717, 1.165) is 37.0 Å². The summed E-state index contributed by atoms with van der Waals surface area (Å²) in [5, 5.41) is 24.6. The number of urea groups is 1. The molecule has 11 nitrogen and oxygen atoms in total. The molecule has 0 saturated heterocycles. The summed E-state index contributed by atoms with van der Waals surface area (Å²) >= 11 is 0. The van der Waals surface area contributed by atoms with Gasteiger partial charge in [0.25, 0.3) is 11.6 Å². The Hall–Kier alpha value is -3.50. The first-order valence-electron chi connectivity index (χ1n) is 12.1. The van der Waals surface area contributed by atoms with Crippen LogP contribution in [-0.4, -0.2) is 39.2 Å². The average Bonchev–Trinajstić information content (AvgIpc) is 3.28. The number of hydrogen-bond donors (Lipinski definition) is 2. The lowest BCUT2D eigenvalue weighted by Crippen LogP contribution is -2.61. The molecule has 11 heteroatoms. The van der Waals surface area contributed by atoms with E-state index in [1.54, 1.807) is 6.92 Å². The van der Waals surface area contributed by atoms with Gasteiger partial charge in [0, 0.05) is 29.8 Å². The van der Waals surface area contributed by atoms with Crippen molar-refractivity contribution >= 4 is 17.7 Å². The molecule has 6 rings (SSSR count). The molecule has 2 aromatic rings. The number of nitro groups is 1. The fourth-order valence-electron chi connectivity index (χ4n) is 6.37. The Morgan fingerprint density at radius 2 is 1.77 bits per heavy atom. The molecular formula is C24H29N5O6. The number of non-ortho nitro benzene ring substituents is 1. The van der Waals surface area contributed by atoms with Gasteiger partial charge in [0.15, 0.2) is 6.10 Å². The van der Waals surface area contributed by atoms with Gasteiger partial charge in [-0.2, -0.15) is 0 Å². The van der Waals surface area contributed by atoms with E-state index in [4.69, 9.17) is 9.15 Å². The quantitative estimate of drug-likeness (QED) is 0.326. The van der Waals surface area contributed by atoms with Gasteiger partial charge in [0.1, 0.15) is 0 Å². The Labute approximate surface area is 202 Å². The first-order valence-corrected chi connectivity index (χ1v) is 12.1. The molecule has 4 saturated carbocycles. The smallest absolute Gasteiger partial charge is 0.315 e. The van der Waals surface area contributed by atoms with Gasteiger partial charge in [-0.3, -0.25) is 14.9 Å². The highest BCUT2D eigenvalue weighted by molar-refractivity contribution is 5.76. The summed E-state index contributed by atoms with van der Waals surface area (Å²) in [7, 11) is 0. The highest BCUT2D eigenvalue weighted by atomic mass is 16.6. The van der Waals surface area contributed by atoms with E-state index >= 15 is 0 Å². The molecule has 2 N–H and O–H groups in total. The summed E-state index contributed by atoms with van der Waals surface area (Å²) in [5.74, 6) is 2.00. The van der Waals surface area contributed by atoms with Gasteiger partial charge in [0.05, 0.1) is 11.3 Å². The maximum Gasteiger partial charge on any atom is 0.315 e. The molecule has 1 heterocycles. The molecular weight excluding hydrogens is 454 g/mol. The lowest BCUT2D eigenvalue weighted by atomic mass is 9.53. The van der Waals surface area contributed by atoms with Crippen molar-refractivity contribution in [3.8, 4) is 11.5 Å². The van der Waals surface area contributed by atoms with Crippen molar-refractivity contribution in [3.63, 3.8) is 0 Å². The molecule has 186 valence electrons. The van der Waals surface area contributed by atoms with Crippen molar-refractivity contribution in [1.29, 1.82) is 0 Å². The highest BCUT2D eigenvalue weighted by Gasteiger charge is 2.51. The van der Waals surface area contributed by atoms with Gasteiger partial charge < -0.3 is 19.8 Å². The summed E-state index contributed by atoms with van der Waals surface area (Å²) in [4.78, 5) is 35.0. The molecule has 0 spiro atoms. The Morgan fingerprint density at radius 3 is 2.37 bits per heavy atom. The molecule has 0 radical (unpaired) electrons. The van der Waals surface area contributed by atoms with Gasteiger partial charge in [0.2, 0.25) is 5.89 Å². The zero-order chi connectivity index (χ0) is 24.6. The molecule has 4 bridgehead atoms. The molecule has 4 aliphatic rings. The molecule has 35 heavy (non-hydrogen) atoms. The van der Waals surface area contributed by atoms with Crippen LogP contribution in [0.4, 0.5) is 10.5 Å². The van der Waals surface area contributed by atoms with Gasteiger partial charge in [-0.05, 0) is 75.3 Å². The minimum Gasteiger partial charge on any atom is -0.453 e. The van der Waals surface area contributed by atoms with E-state index in [2.05, 4.69) is 20.8 Å². The number of ether oxygens (including phenoxy) is 1. The minimum atomic E-state index is -0.775. The maximum absolute atomic E-state index is 12.5. The van der Waals surface area contributed by atoms with E-state index in [1.807, 2.05) is 0 Å². The standard InChI is InChI=1S/C24H29N5O6/c1-14(21-27-28-22(35-21)18-2-4-19(5-3-18)29(32)33)34-20(30)6-7-25-23(31)26-24-11-15-8-16(12-24)10-17(9-15)13-24/h2-5,14-17H,6-13H2,1H3,(H2,25,26,31). The number of carbonyl (C=O) groups is 2. The van der Waals surface area contributed by atoms with Gasteiger partial charge in [-0.25, -0.2) is 4.79 Å². The average molecular weight is 484 g/mol. The number of benzene rings is 1. The van der Waals surface area contributed by atoms with Crippen LogP contribution in [0.3, 0.4) is 0 Å². The number of rotatable bonds is 8. The molecule has 1 aromatic carbocycles. The van der Waals surface area contributed by atoms with Crippen LogP contribution >= 0.6 is 0 Å². The van der Waals surface area contributed by atoms with Crippen molar-refractivity contribution in [2.75, 3.05) is 6.54 Å². The van der Waals surface area contributed by atoms with E-state index in [-0.39, 0.29) is 42.0 Å². The van der Waals surface area contributed by atoms with E-state index in [1.165, 1.54) is 43.5 Å². The Bertz CT molecular complexity index is 1080. The molecule has 1 atom stereocenters. The predicted octanol–water partition coefficient (Wildman–Crippen LogP) is 3.91. The third-order valence-corrected chi connectivity index (χ3v) is 7.45. The van der Waals surface area contributed by atoms with Crippen molar-refractivity contribution in [2.24, 2.45) is 17.8 Å². The molecule has 1 unspecified atom stereocenters. The van der Waals surface area contributed by atoms with Crippen LogP contribution in [0.5, 0.6) is 0 Å². The summed E-state index contributed by atoms with van der Waals surface area (Å²) in [6.45, 7) is 1.78. The van der Waals surface area contributed by atoms with Gasteiger partial charge >= 0.3 is 12.0 Å². The topological polar surface area (TPSA) is 149 Å². The minimum absolute atomic E-state index is 0.0159. The fourth-order valence-corrected chi connectivity index (χ4v) is 6.37. The number of nitro benzene ring substituents is 1.